The van der Waals surface area contributed by atoms with E-state index in [-0.39, 0.29) is 23.6 Å². The minimum Gasteiger partial charge on any atom is -0.297 e. The van der Waals surface area contributed by atoms with Gasteiger partial charge < -0.3 is 0 Å². The van der Waals surface area contributed by atoms with Crippen LogP contribution in [0.3, 0.4) is 0 Å². The fraction of sp³-hybridized carbons (Fsp3) is 0.125. The van der Waals surface area contributed by atoms with Gasteiger partial charge in [-0.1, -0.05) is 59.8 Å². The van der Waals surface area contributed by atoms with Gasteiger partial charge in [0.25, 0.3) is 5.56 Å². The molecule has 2 aromatic heterocycles. The Morgan fingerprint density at radius 1 is 1.27 bits per heavy atom. The number of ketones is 1. The molecule has 0 saturated carbocycles. The van der Waals surface area contributed by atoms with Crippen molar-refractivity contribution in [2.24, 2.45) is 0 Å². The number of nitrogens with zero attached hydrogens (tertiary/aromatic N) is 4. The molecule has 0 radical (unpaired) electrons. The van der Waals surface area contributed by atoms with Crippen LogP contribution in [0.25, 0.3) is 22.2 Å². The number of hydrogen-bond acceptors (Lipinski definition) is 7. The minimum absolute atomic E-state index is 0.0336. The lowest BCUT2D eigenvalue weighted by Gasteiger charge is -2.12. The van der Waals surface area contributed by atoms with Crippen molar-refractivity contribution in [2.75, 3.05) is 5.75 Å². The molecule has 0 bridgehead atoms. The summed E-state index contributed by atoms with van der Waals surface area (Å²) < 4.78 is 1.46. The lowest BCUT2D eigenvalue weighted by atomic mass is 10.1. The molecule has 2 heterocycles. The maximum atomic E-state index is 12.9. The number of allylic oxidation sites excluding steroid dienone is 1. The molecule has 4 aromatic rings. The molecular formula is C24H17ClN4O2S2. The van der Waals surface area contributed by atoms with Crippen molar-refractivity contribution in [1.82, 2.24) is 14.5 Å². The summed E-state index contributed by atoms with van der Waals surface area (Å²) >= 11 is 8.45. The van der Waals surface area contributed by atoms with Crippen molar-refractivity contribution in [1.29, 1.82) is 5.26 Å². The lowest BCUT2D eigenvalue weighted by molar-refractivity contribution is -0.116. The number of thioether (sulfide) groups is 1. The van der Waals surface area contributed by atoms with Crippen LogP contribution in [-0.2, 0) is 11.3 Å². The quantitative estimate of drug-likeness (QED) is 0.188. The Balaban J connectivity index is 1.58. The Bertz CT molecular complexity index is 1440. The molecule has 4 rings (SSSR count). The summed E-state index contributed by atoms with van der Waals surface area (Å²) in [5, 5.41) is 13.2. The molecule has 0 amide bonds. The molecule has 0 N–H and O–H groups in total. The highest BCUT2D eigenvalue weighted by molar-refractivity contribution is 7.99. The zero-order valence-electron chi connectivity index (χ0n) is 17.3. The van der Waals surface area contributed by atoms with Gasteiger partial charge in [-0.3, -0.25) is 14.2 Å². The molecule has 0 spiro atoms. The van der Waals surface area contributed by atoms with Crippen LogP contribution in [0, 0.1) is 11.3 Å². The number of benzene rings is 2. The van der Waals surface area contributed by atoms with Crippen molar-refractivity contribution in [2.45, 2.75) is 17.6 Å². The van der Waals surface area contributed by atoms with Crippen molar-refractivity contribution in [3.8, 4) is 17.3 Å². The van der Waals surface area contributed by atoms with Gasteiger partial charge >= 0.3 is 0 Å². The first-order valence-corrected chi connectivity index (χ1v) is 12.1. The molecule has 6 nitrogen and oxygen atoms in total. The Morgan fingerprint density at radius 3 is 2.79 bits per heavy atom. The highest BCUT2D eigenvalue weighted by Gasteiger charge is 2.25. The summed E-state index contributed by atoms with van der Waals surface area (Å²) in [4.78, 5) is 34.9. The van der Waals surface area contributed by atoms with Gasteiger partial charge in [-0.15, -0.1) is 17.9 Å². The zero-order valence-corrected chi connectivity index (χ0v) is 19.7. The maximum absolute atomic E-state index is 12.9. The number of fused-ring (bicyclic) bond motifs is 1. The predicted octanol–water partition coefficient (Wildman–Crippen LogP) is 5.33. The second kappa shape index (κ2) is 10.1. The number of aromatic nitrogens is 3. The topological polar surface area (TPSA) is 88.6 Å². The second-order valence-electron chi connectivity index (χ2n) is 7.01. The molecular weight excluding hydrogens is 476 g/mol. The van der Waals surface area contributed by atoms with Gasteiger partial charge in [0, 0.05) is 22.5 Å². The normalized spacial score (nSPS) is 11.8. The summed E-state index contributed by atoms with van der Waals surface area (Å²) in [6, 6.07) is 16.5. The van der Waals surface area contributed by atoms with Crippen LogP contribution < -0.4 is 5.56 Å². The van der Waals surface area contributed by atoms with E-state index in [4.69, 9.17) is 11.6 Å². The van der Waals surface area contributed by atoms with Gasteiger partial charge in [0.2, 0.25) is 0 Å². The van der Waals surface area contributed by atoms with E-state index in [0.29, 0.717) is 26.1 Å². The number of nitriles is 1. The average Bonchev–Trinajstić information content (AvgIpc) is 3.30. The maximum Gasteiger partial charge on any atom is 0.262 e. The molecule has 2 aromatic carbocycles. The van der Waals surface area contributed by atoms with Gasteiger partial charge in [0.05, 0.1) is 28.4 Å². The monoisotopic (exact) mass is 492 g/mol. The highest BCUT2D eigenvalue weighted by Crippen LogP contribution is 2.28. The molecule has 0 saturated heterocycles. The SMILES string of the molecule is C=CCn1c(SCC(=O)C(C#N)c2nc(-c3ccccc3)cs2)nc2cc(Cl)ccc2c1=O. The molecule has 0 aliphatic heterocycles. The Hall–Kier alpha value is -3.25. The number of halogens is 1. The van der Waals surface area contributed by atoms with Crippen LogP contribution in [-0.4, -0.2) is 26.1 Å². The molecule has 164 valence electrons. The summed E-state index contributed by atoms with van der Waals surface area (Å²) in [7, 11) is 0. The number of Topliss-reactive ketones (excluding diaryl/α,β-unsaturated/α-hetero) is 1. The minimum atomic E-state index is -0.991. The molecule has 33 heavy (non-hydrogen) atoms. The van der Waals surface area contributed by atoms with Crippen molar-refractivity contribution in [3.05, 3.63) is 87.0 Å². The first-order chi connectivity index (χ1) is 16.0. The van der Waals surface area contributed by atoms with Gasteiger partial charge in [-0.05, 0) is 18.2 Å². The number of rotatable bonds is 8. The standard InChI is InChI=1S/C24H17ClN4O2S2/c1-2-10-29-23(31)17-9-8-16(25)11-19(17)28-24(29)33-14-21(30)18(12-26)22-27-20(13-32-22)15-6-4-3-5-7-15/h2-9,11,13,18H,1,10,14H2. The van der Waals surface area contributed by atoms with Crippen molar-refractivity contribution in [3.63, 3.8) is 0 Å². The number of carbonyl (C=O) groups is 1. The van der Waals surface area contributed by atoms with Gasteiger partial charge in [0.15, 0.2) is 16.9 Å². The van der Waals surface area contributed by atoms with Crippen LogP contribution in [0.2, 0.25) is 5.02 Å². The summed E-state index contributed by atoms with van der Waals surface area (Å²) in [5.41, 5.74) is 1.86. The first kappa shape index (κ1) is 22.9. The molecule has 9 heteroatoms. The Morgan fingerprint density at radius 2 is 2.06 bits per heavy atom. The number of carbonyl (C=O) groups excluding carboxylic acids is 1. The first-order valence-electron chi connectivity index (χ1n) is 9.88. The smallest absolute Gasteiger partial charge is 0.262 e. The molecule has 0 aliphatic carbocycles. The lowest BCUT2D eigenvalue weighted by Crippen LogP contribution is -2.23. The van der Waals surface area contributed by atoms with E-state index in [0.717, 1.165) is 23.0 Å². The molecule has 0 fully saturated rings. The van der Waals surface area contributed by atoms with Crippen LogP contribution in [0.1, 0.15) is 10.9 Å². The van der Waals surface area contributed by atoms with E-state index >= 15 is 0 Å². The highest BCUT2D eigenvalue weighted by atomic mass is 35.5. The molecule has 1 unspecified atom stereocenters. The Kier molecular flexibility index (Phi) is 7.04. The van der Waals surface area contributed by atoms with Gasteiger partial charge in [-0.25, -0.2) is 9.97 Å². The van der Waals surface area contributed by atoms with E-state index in [9.17, 15) is 14.9 Å². The fourth-order valence-electron chi connectivity index (χ4n) is 3.22. The van der Waals surface area contributed by atoms with Crippen LogP contribution >= 0.6 is 34.7 Å². The van der Waals surface area contributed by atoms with E-state index in [2.05, 4.69) is 22.6 Å². The van der Waals surface area contributed by atoms with Crippen LogP contribution in [0.15, 0.2) is 76.5 Å². The van der Waals surface area contributed by atoms with Gasteiger partial charge in [0.1, 0.15) is 5.01 Å². The van der Waals surface area contributed by atoms with Crippen LogP contribution in [0.5, 0.6) is 0 Å². The molecule has 1 atom stereocenters. The summed E-state index contributed by atoms with van der Waals surface area (Å²) in [6.07, 6.45) is 1.59. The van der Waals surface area contributed by atoms with Crippen LogP contribution in [0.4, 0.5) is 0 Å². The Labute approximate surface area is 203 Å². The van der Waals surface area contributed by atoms with Crippen molar-refractivity contribution >= 4 is 51.4 Å². The van der Waals surface area contributed by atoms with E-state index in [1.54, 1.807) is 24.3 Å². The third-order valence-electron chi connectivity index (χ3n) is 4.83. The fourth-order valence-corrected chi connectivity index (χ4v) is 5.19. The number of hydrogen-bond donors (Lipinski definition) is 0. The average molecular weight is 493 g/mol. The number of thiazole rings is 1. The van der Waals surface area contributed by atoms with E-state index in [1.165, 1.54) is 15.9 Å². The van der Waals surface area contributed by atoms with Gasteiger partial charge in [-0.2, -0.15) is 5.26 Å². The second-order valence-corrected chi connectivity index (χ2v) is 9.28. The van der Waals surface area contributed by atoms with E-state index < -0.39 is 5.92 Å². The van der Waals surface area contributed by atoms with E-state index in [1.807, 2.05) is 35.7 Å². The predicted molar refractivity (Wildman–Crippen MR) is 133 cm³/mol. The largest absolute Gasteiger partial charge is 0.297 e. The molecule has 0 aliphatic rings. The van der Waals surface area contributed by atoms with Crippen molar-refractivity contribution < 1.29 is 4.79 Å². The summed E-state index contributed by atoms with van der Waals surface area (Å²) in [5.74, 6) is -1.33. The third-order valence-corrected chi connectivity index (χ3v) is 6.97. The zero-order chi connectivity index (χ0) is 23.4. The summed E-state index contributed by atoms with van der Waals surface area (Å²) in [6.45, 7) is 3.95. The third kappa shape index (κ3) is 4.91.